The van der Waals surface area contributed by atoms with Crippen molar-refractivity contribution in [2.45, 2.75) is 0 Å². The highest BCUT2D eigenvalue weighted by molar-refractivity contribution is 6.30. The summed E-state index contributed by atoms with van der Waals surface area (Å²) in [5.74, 6) is -1.94. The van der Waals surface area contributed by atoms with Crippen molar-refractivity contribution in [2.75, 3.05) is 30.9 Å². The Morgan fingerprint density at radius 3 is 2.42 bits per heavy atom. The number of esters is 1. The van der Waals surface area contributed by atoms with E-state index in [4.69, 9.17) is 16.3 Å². The van der Waals surface area contributed by atoms with Crippen molar-refractivity contribution in [3.8, 4) is 0 Å². The van der Waals surface area contributed by atoms with E-state index in [-0.39, 0.29) is 10.7 Å². The molecule has 0 fully saturated rings. The summed E-state index contributed by atoms with van der Waals surface area (Å²) in [4.78, 5) is 25.5. The Labute approximate surface area is 144 Å². The zero-order chi connectivity index (χ0) is 17.7. The summed E-state index contributed by atoms with van der Waals surface area (Å²) in [6, 6.07) is 10.6. The normalized spacial score (nSPS) is 10.2. The van der Waals surface area contributed by atoms with Gasteiger partial charge in [0.1, 0.15) is 5.82 Å². The lowest BCUT2D eigenvalue weighted by Gasteiger charge is -2.12. The maximum absolute atomic E-state index is 13.6. The lowest BCUT2D eigenvalue weighted by molar-refractivity contribution is -0.119. The molecule has 0 spiro atoms. The zero-order valence-electron chi connectivity index (χ0n) is 13.2. The molecule has 0 atom stereocenters. The van der Waals surface area contributed by atoms with Gasteiger partial charge in [-0.1, -0.05) is 11.6 Å². The molecule has 0 unspecified atom stereocenters. The predicted octanol–water partition coefficient (Wildman–Crippen LogP) is 3.34. The Morgan fingerprint density at radius 2 is 1.83 bits per heavy atom. The quantitative estimate of drug-likeness (QED) is 0.840. The Bertz CT molecular complexity index is 748. The molecule has 0 radical (unpaired) electrons. The summed E-state index contributed by atoms with van der Waals surface area (Å²) in [5.41, 5.74) is 1.23. The molecule has 0 aliphatic rings. The zero-order valence-corrected chi connectivity index (χ0v) is 13.9. The topological polar surface area (TPSA) is 58.6 Å². The van der Waals surface area contributed by atoms with Crippen LogP contribution < -0.4 is 10.2 Å². The minimum absolute atomic E-state index is 0.0317. The summed E-state index contributed by atoms with van der Waals surface area (Å²) in [6.45, 7) is -0.518. The van der Waals surface area contributed by atoms with Gasteiger partial charge in [0.25, 0.3) is 5.91 Å². The number of rotatable bonds is 5. The molecule has 0 aromatic heterocycles. The maximum atomic E-state index is 13.6. The Balaban J connectivity index is 1.90. The van der Waals surface area contributed by atoms with E-state index >= 15 is 0 Å². The van der Waals surface area contributed by atoms with Crippen LogP contribution in [0.4, 0.5) is 15.8 Å². The molecular weight excluding hydrogens is 335 g/mol. The molecular formula is C17H16ClFN2O3. The number of benzene rings is 2. The van der Waals surface area contributed by atoms with Gasteiger partial charge in [-0.25, -0.2) is 9.18 Å². The number of halogens is 2. The van der Waals surface area contributed by atoms with E-state index in [2.05, 4.69) is 5.32 Å². The Kier molecular flexibility index (Phi) is 5.76. The molecule has 126 valence electrons. The average molecular weight is 351 g/mol. The van der Waals surface area contributed by atoms with Crippen LogP contribution >= 0.6 is 11.6 Å². The van der Waals surface area contributed by atoms with Crippen molar-refractivity contribution in [1.82, 2.24) is 0 Å². The van der Waals surface area contributed by atoms with Gasteiger partial charge in [-0.05, 0) is 42.5 Å². The summed E-state index contributed by atoms with van der Waals surface area (Å²) in [7, 11) is 3.76. The first-order valence-electron chi connectivity index (χ1n) is 7.06. The Hall–Kier alpha value is -2.60. The molecule has 7 heteroatoms. The van der Waals surface area contributed by atoms with Gasteiger partial charge in [0.2, 0.25) is 0 Å². The number of nitrogens with zero attached hydrogens (tertiary/aromatic N) is 1. The van der Waals surface area contributed by atoms with Crippen LogP contribution in [0.3, 0.4) is 0 Å². The minimum atomic E-state index is -0.665. The summed E-state index contributed by atoms with van der Waals surface area (Å²) in [6.07, 6.45) is 0. The third-order valence-electron chi connectivity index (χ3n) is 3.16. The largest absolute Gasteiger partial charge is 0.452 e. The Morgan fingerprint density at radius 1 is 1.17 bits per heavy atom. The molecule has 2 rings (SSSR count). The molecule has 24 heavy (non-hydrogen) atoms. The van der Waals surface area contributed by atoms with Crippen LogP contribution in [0, 0.1) is 5.82 Å². The number of nitrogens with one attached hydrogen (secondary N) is 1. The highest BCUT2D eigenvalue weighted by Gasteiger charge is 2.12. The van der Waals surface area contributed by atoms with E-state index in [1.54, 1.807) is 24.3 Å². The fourth-order valence-corrected chi connectivity index (χ4v) is 2.05. The third-order valence-corrected chi connectivity index (χ3v) is 3.39. The minimum Gasteiger partial charge on any atom is -0.452 e. The van der Waals surface area contributed by atoms with Crippen LogP contribution in [-0.4, -0.2) is 32.6 Å². The SMILES string of the molecule is CN(C)c1ccc(C(=O)OCC(=O)Nc2ccc(Cl)cc2F)cc1. The number of amides is 1. The number of anilines is 2. The smallest absolute Gasteiger partial charge is 0.338 e. The van der Waals surface area contributed by atoms with Crippen molar-refractivity contribution in [3.05, 3.63) is 58.9 Å². The highest BCUT2D eigenvalue weighted by Crippen LogP contribution is 2.18. The summed E-state index contributed by atoms with van der Waals surface area (Å²) in [5, 5.41) is 2.53. The summed E-state index contributed by atoms with van der Waals surface area (Å²) >= 11 is 5.63. The number of ether oxygens (including phenoxy) is 1. The second kappa shape index (κ2) is 7.79. The maximum Gasteiger partial charge on any atom is 0.338 e. The number of hydrogen-bond acceptors (Lipinski definition) is 4. The van der Waals surface area contributed by atoms with E-state index < -0.39 is 24.3 Å². The van der Waals surface area contributed by atoms with Gasteiger partial charge in [-0.3, -0.25) is 4.79 Å². The van der Waals surface area contributed by atoms with Crippen LogP contribution in [0.5, 0.6) is 0 Å². The highest BCUT2D eigenvalue weighted by atomic mass is 35.5. The van der Waals surface area contributed by atoms with E-state index in [0.29, 0.717) is 5.56 Å². The molecule has 0 saturated heterocycles. The molecule has 2 aromatic carbocycles. The molecule has 0 bridgehead atoms. The van der Waals surface area contributed by atoms with Gasteiger partial charge in [0, 0.05) is 24.8 Å². The van der Waals surface area contributed by atoms with Crippen LogP contribution in [0.1, 0.15) is 10.4 Å². The molecule has 1 N–H and O–H groups in total. The first kappa shape index (κ1) is 17.7. The first-order chi connectivity index (χ1) is 11.4. The molecule has 0 aliphatic heterocycles. The fraction of sp³-hybridized carbons (Fsp3) is 0.176. The second-order valence-electron chi connectivity index (χ2n) is 5.19. The van der Waals surface area contributed by atoms with Crippen molar-refractivity contribution in [1.29, 1.82) is 0 Å². The number of carbonyl (C=O) groups is 2. The van der Waals surface area contributed by atoms with E-state index in [1.807, 2.05) is 19.0 Å². The van der Waals surface area contributed by atoms with Gasteiger partial charge in [0.05, 0.1) is 11.3 Å². The van der Waals surface area contributed by atoms with Crippen molar-refractivity contribution in [2.24, 2.45) is 0 Å². The van der Waals surface area contributed by atoms with Crippen LogP contribution in [-0.2, 0) is 9.53 Å². The van der Waals surface area contributed by atoms with Gasteiger partial charge >= 0.3 is 5.97 Å². The second-order valence-corrected chi connectivity index (χ2v) is 5.63. The molecule has 0 aliphatic carbocycles. The van der Waals surface area contributed by atoms with Crippen LogP contribution in [0.15, 0.2) is 42.5 Å². The number of hydrogen-bond donors (Lipinski definition) is 1. The standard InChI is InChI=1S/C17H16ClFN2O3/c1-21(2)13-6-3-11(4-7-13)17(23)24-10-16(22)20-15-8-5-12(18)9-14(15)19/h3-9H,10H2,1-2H3,(H,20,22). The summed E-state index contributed by atoms with van der Waals surface area (Å²) < 4.78 is 18.5. The van der Waals surface area contributed by atoms with Crippen molar-refractivity contribution >= 4 is 34.9 Å². The van der Waals surface area contributed by atoms with E-state index in [9.17, 15) is 14.0 Å². The van der Waals surface area contributed by atoms with Gasteiger partial charge in [-0.15, -0.1) is 0 Å². The third kappa shape index (κ3) is 4.70. The lowest BCUT2D eigenvalue weighted by atomic mass is 10.2. The monoisotopic (exact) mass is 350 g/mol. The van der Waals surface area contributed by atoms with Crippen LogP contribution in [0.2, 0.25) is 5.02 Å². The van der Waals surface area contributed by atoms with Crippen molar-refractivity contribution in [3.63, 3.8) is 0 Å². The van der Waals surface area contributed by atoms with Gasteiger partial charge in [-0.2, -0.15) is 0 Å². The predicted molar refractivity (Wildman–Crippen MR) is 91.1 cm³/mol. The molecule has 1 amide bonds. The van der Waals surface area contributed by atoms with E-state index in [0.717, 1.165) is 11.8 Å². The first-order valence-corrected chi connectivity index (χ1v) is 7.44. The number of carbonyl (C=O) groups excluding carboxylic acids is 2. The fourth-order valence-electron chi connectivity index (χ4n) is 1.89. The molecule has 0 heterocycles. The van der Waals surface area contributed by atoms with Crippen molar-refractivity contribution < 1.29 is 18.7 Å². The average Bonchev–Trinajstić information content (AvgIpc) is 2.55. The molecule has 0 saturated carbocycles. The van der Waals surface area contributed by atoms with Gasteiger partial charge < -0.3 is 15.0 Å². The molecule has 5 nitrogen and oxygen atoms in total. The van der Waals surface area contributed by atoms with Crippen LogP contribution in [0.25, 0.3) is 0 Å². The van der Waals surface area contributed by atoms with E-state index in [1.165, 1.54) is 12.1 Å². The van der Waals surface area contributed by atoms with Gasteiger partial charge in [0.15, 0.2) is 6.61 Å². The lowest BCUT2D eigenvalue weighted by Crippen LogP contribution is -2.21. The molecule has 2 aromatic rings.